The van der Waals surface area contributed by atoms with Crippen molar-refractivity contribution < 1.29 is 9.84 Å². The normalized spacial score (nSPS) is 25.6. The Morgan fingerprint density at radius 1 is 1.80 bits per heavy atom. The van der Waals surface area contributed by atoms with Gasteiger partial charge in [-0.1, -0.05) is 17.7 Å². The fourth-order valence-corrected chi connectivity index (χ4v) is 2.31. The zero-order valence-electron chi connectivity index (χ0n) is 11.3. The van der Waals surface area contributed by atoms with Crippen molar-refractivity contribution in [3.05, 3.63) is 34.2 Å². The lowest BCUT2D eigenvalue weighted by atomic mass is 9.97. The number of nitrogens with one attached hydrogen (secondary N) is 1. The van der Waals surface area contributed by atoms with Crippen molar-refractivity contribution in [3.63, 3.8) is 0 Å². The first-order valence-corrected chi connectivity index (χ1v) is 6.80. The molecule has 20 heavy (non-hydrogen) atoms. The van der Waals surface area contributed by atoms with Crippen LogP contribution < -0.4 is 10.9 Å². The van der Waals surface area contributed by atoms with Crippen molar-refractivity contribution in [1.29, 1.82) is 0 Å². The molecule has 7 heteroatoms. The Morgan fingerprint density at radius 3 is 3.15 bits per heavy atom. The zero-order valence-corrected chi connectivity index (χ0v) is 12.1. The van der Waals surface area contributed by atoms with Gasteiger partial charge in [0.2, 0.25) is 0 Å². The molecule has 2 heterocycles. The predicted molar refractivity (Wildman–Crippen MR) is 77.2 cm³/mol. The minimum atomic E-state index is -0.959. The van der Waals surface area contributed by atoms with Gasteiger partial charge in [-0.15, -0.1) is 6.58 Å². The molecule has 0 radical (unpaired) electrons. The highest BCUT2D eigenvalue weighted by Crippen LogP contribution is 2.26. The van der Waals surface area contributed by atoms with Gasteiger partial charge in [0.05, 0.1) is 24.5 Å². The van der Waals surface area contributed by atoms with E-state index < -0.39 is 5.60 Å². The number of ether oxygens (including phenoxy) is 1. The molecule has 0 amide bonds. The Morgan fingerprint density at radius 2 is 2.55 bits per heavy atom. The van der Waals surface area contributed by atoms with Crippen LogP contribution in [0.3, 0.4) is 0 Å². The number of nitrogens with zero attached hydrogens (tertiary/aromatic N) is 2. The first-order valence-electron chi connectivity index (χ1n) is 6.42. The molecule has 0 saturated carbocycles. The van der Waals surface area contributed by atoms with Crippen molar-refractivity contribution >= 4 is 17.3 Å². The van der Waals surface area contributed by atoms with E-state index in [1.54, 1.807) is 6.08 Å². The third-order valence-corrected chi connectivity index (χ3v) is 3.90. The van der Waals surface area contributed by atoms with Crippen LogP contribution in [0.4, 0.5) is 5.69 Å². The third kappa shape index (κ3) is 2.87. The number of allylic oxidation sites excluding steroid dienone is 1. The van der Waals surface area contributed by atoms with E-state index in [4.69, 9.17) is 16.3 Å². The average Bonchev–Trinajstić information content (AvgIpc) is 2.75. The summed E-state index contributed by atoms with van der Waals surface area (Å²) in [5, 5.41) is 17.4. The average molecular weight is 300 g/mol. The molecule has 1 fully saturated rings. The van der Waals surface area contributed by atoms with Crippen LogP contribution in [0.2, 0.25) is 5.02 Å². The number of anilines is 1. The Labute approximate surface area is 122 Å². The highest BCUT2D eigenvalue weighted by molar-refractivity contribution is 6.32. The van der Waals surface area contributed by atoms with Crippen LogP contribution in [-0.2, 0) is 11.3 Å². The number of halogens is 1. The Balaban J connectivity index is 2.12. The van der Waals surface area contributed by atoms with Crippen molar-refractivity contribution in [3.8, 4) is 0 Å². The Hall–Kier alpha value is -1.37. The smallest absolute Gasteiger partial charge is 0.287 e. The van der Waals surface area contributed by atoms with Crippen molar-refractivity contribution in [2.45, 2.75) is 31.6 Å². The van der Waals surface area contributed by atoms with Gasteiger partial charge in [-0.2, -0.15) is 5.10 Å². The van der Waals surface area contributed by atoms with Gasteiger partial charge in [0.15, 0.2) is 0 Å². The first-order chi connectivity index (χ1) is 9.48. The van der Waals surface area contributed by atoms with Gasteiger partial charge in [0, 0.05) is 19.6 Å². The second-order valence-corrected chi connectivity index (χ2v) is 5.25. The molecule has 1 aromatic heterocycles. The van der Waals surface area contributed by atoms with Crippen molar-refractivity contribution in [2.75, 3.05) is 18.5 Å². The summed E-state index contributed by atoms with van der Waals surface area (Å²) in [6, 6.07) is 0. The molecule has 2 atom stereocenters. The van der Waals surface area contributed by atoms with Crippen LogP contribution in [0.1, 0.15) is 13.3 Å². The Bertz CT molecular complexity index is 560. The van der Waals surface area contributed by atoms with Crippen LogP contribution >= 0.6 is 11.6 Å². The number of aromatic nitrogens is 2. The fourth-order valence-electron chi connectivity index (χ4n) is 2.09. The van der Waals surface area contributed by atoms with E-state index in [1.807, 2.05) is 6.92 Å². The van der Waals surface area contributed by atoms with Gasteiger partial charge in [0.1, 0.15) is 10.6 Å². The molecule has 0 bridgehead atoms. The third-order valence-electron chi connectivity index (χ3n) is 3.53. The van der Waals surface area contributed by atoms with Crippen LogP contribution in [-0.4, -0.2) is 39.7 Å². The topological polar surface area (TPSA) is 76.4 Å². The molecule has 1 aliphatic rings. The maximum absolute atomic E-state index is 11.9. The highest BCUT2D eigenvalue weighted by Gasteiger charge is 2.39. The Kier molecular flexibility index (Phi) is 4.47. The summed E-state index contributed by atoms with van der Waals surface area (Å²) in [6.07, 6.45) is 3.32. The summed E-state index contributed by atoms with van der Waals surface area (Å²) in [7, 11) is 0. The second kappa shape index (κ2) is 5.95. The first kappa shape index (κ1) is 15.0. The minimum absolute atomic E-state index is 0.0528. The monoisotopic (exact) mass is 299 g/mol. The number of hydrogen-bond acceptors (Lipinski definition) is 5. The second-order valence-electron chi connectivity index (χ2n) is 4.87. The van der Waals surface area contributed by atoms with Gasteiger partial charge in [-0.3, -0.25) is 4.79 Å². The largest absolute Gasteiger partial charge is 0.385 e. The van der Waals surface area contributed by atoms with Crippen LogP contribution in [0.15, 0.2) is 23.6 Å². The van der Waals surface area contributed by atoms with Gasteiger partial charge in [-0.05, 0) is 6.92 Å². The lowest BCUT2D eigenvalue weighted by Gasteiger charge is -2.26. The highest BCUT2D eigenvalue weighted by atomic mass is 35.5. The minimum Gasteiger partial charge on any atom is -0.385 e. The molecule has 1 aromatic rings. The molecule has 1 aliphatic heterocycles. The van der Waals surface area contributed by atoms with E-state index in [0.717, 1.165) is 0 Å². The van der Waals surface area contributed by atoms with Crippen LogP contribution in [0.5, 0.6) is 0 Å². The quantitative estimate of drug-likeness (QED) is 0.794. The standard InChI is InChI=1S/C13H18ClN3O3/c1-3-5-17-12(18)11(14)10(7-16-17)15-8-13(19)4-6-20-9(13)2/h3,7,9,15,19H,1,4-6,8H2,2H3. The predicted octanol–water partition coefficient (Wildman–Crippen LogP) is 1.03. The summed E-state index contributed by atoms with van der Waals surface area (Å²) in [5.74, 6) is 0. The van der Waals surface area contributed by atoms with E-state index in [-0.39, 0.29) is 23.2 Å². The van der Waals surface area contributed by atoms with Gasteiger partial charge >= 0.3 is 0 Å². The molecule has 0 aromatic carbocycles. The molecule has 6 nitrogen and oxygen atoms in total. The maximum Gasteiger partial charge on any atom is 0.287 e. The lowest BCUT2D eigenvalue weighted by molar-refractivity contribution is -0.0176. The molecule has 1 saturated heterocycles. The molecular formula is C13H18ClN3O3. The van der Waals surface area contributed by atoms with E-state index in [1.165, 1.54) is 10.9 Å². The molecular weight excluding hydrogens is 282 g/mol. The van der Waals surface area contributed by atoms with Gasteiger partial charge in [0.25, 0.3) is 5.56 Å². The lowest BCUT2D eigenvalue weighted by Crippen LogP contribution is -2.43. The number of hydrogen-bond donors (Lipinski definition) is 2. The summed E-state index contributed by atoms with van der Waals surface area (Å²) in [5.41, 5.74) is -0.942. The van der Waals surface area contributed by atoms with Crippen molar-refractivity contribution in [2.24, 2.45) is 0 Å². The SMILES string of the molecule is C=CCn1ncc(NCC2(O)CCOC2C)c(Cl)c1=O. The fraction of sp³-hybridized carbons (Fsp3) is 0.538. The summed E-state index contributed by atoms with van der Waals surface area (Å²) in [4.78, 5) is 11.9. The van der Waals surface area contributed by atoms with E-state index >= 15 is 0 Å². The van der Waals surface area contributed by atoms with Crippen LogP contribution in [0, 0.1) is 0 Å². The summed E-state index contributed by atoms with van der Waals surface area (Å²) in [6.45, 7) is 6.44. The summed E-state index contributed by atoms with van der Waals surface area (Å²) >= 11 is 6.02. The van der Waals surface area contributed by atoms with E-state index in [0.29, 0.717) is 25.3 Å². The molecule has 2 N–H and O–H groups in total. The zero-order chi connectivity index (χ0) is 14.8. The molecule has 110 valence electrons. The van der Waals surface area contributed by atoms with Crippen LogP contribution in [0.25, 0.3) is 0 Å². The maximum atomic E-state index is 11.9. The molecule has 0 aliphatic carbocycles. The summed E-state index contributed by atoms with van der Waals surface area (Å²) < 4.78 is 6.57. The van der Waals surface area contributed by atoms with Gasteiger partial charge < -0.3 is 15.2 Å². The van der Waals surface area contributed by atoms with Gasteiger partial charge in [-0.25, -0.2) is 4.68 Å². The molecule has 2 unspecified atom stereocenters. The van der Waals surface area contributed by atoms with E-state index in [2.05, 4.69) is 17.0 Å². The number of aliphatic hydroxyl groups is 1. The number of rotatable bonds is 5. The van der Waals surface area contributed by atoms with Crippen molar-refractivity contribution in [1.82, 2.24) is 9.78 Å². The van der Waals surface area contributed by atoms with E-state index in [9.17, 15) is 9.90 Å². The molecule has 2 rings (SSSR count). The molecule has 0 spiro atoms.